The molecule has 6 heteroatoms. The Bertz CT molecular complexity index is 530. The van der Waals surface area contributed by atoms with E-state index in [0.29, 0.717) is 17.1 Å². The number of carboxylic acid groups (broad SMARTS) is 1. The predicted molar refractivity (Wildman–Crippen MR) is 55.6 cm³/mol. The summed E-state index contributed by atoms with van der Waals surface area (Å²) in [5, 5.41) is 12.8. The highest BCUT2D eigenvalue weighted by molar-refractivity contribution is 5.86. The molecule has 0 saturated carbocycles. The lowest BCUT2D eigenvalue weighted by atomic mass is 10.3. The van der Waals surface area contributed by atoms with Gasteiger partial charge in [-0.25, -0.2) is 19.4 Å². The van der Waals surface area contributed by atoms with Gasteiger partial charge in [0, 0.05) is 11.8 Å². The van der Waals surface area contributed by atoms with Crippen LogP contribution in [0.15, 0.2) is 18.6 Å². The summed E-state index contributed by atoms with van der Waals surface area (Å²) in [5.74, 6) is -0.379. The molecular weight excluding hydrogens is 208 g/mol. The van der Waals surface area contributed by atoms with E-state index in [2.05, 4.69) is 15.1 Å². The fourth-order valence-electron chi connectivity index (χ4n) is 1.31. The molecule has 0 spiro atoms. The van der Waals surface area contributed by atoms with Crippen molar-refractivity contribution in [3.05, 3.63) is 35.7 Å². The van der Waals surface area contributed by atoms with Crippen LogP contribution in [0.1, 0.15) is 21.9 Å². The Labute approximate surface area is 91.6 Å². The monoisotopic (exact) mass is 218 g/mol. The first-order valence-corrected chi connectivity index (χ1v) is 4.66. The maximum atomic E-state index is 10.8. The van der Waals surface area contributed by atoms with Crippen molar-refractivity contribution in [2.24, 2.45) is 0 Å². The summed E-state index contributed by atoms with van der Waals surface area (Å²) < 4.78 is 1.46. The van der Waals surface area contributed by atoms with Crippen molar-refractivity contribution < 1.29 is 9.90 Å². The Hall–Kier alpha value is -2.24. The van der Waals surface area contributed by atoms with Crippen LogP contribution >= 0.6 is 0 Å². The molecule has 0 aliphatic rings. The zero-order valence-electron chi connectivity index (χ0n) is 8.88. The molecule has 2 aromatic heterocycles. The van der Waals surface area contributed by atoms with Gasteiger partial charge in [0.2, 0.25) is 0 Å². The van der Waals surface area contributed by atoms with Gasteiger partial charge in [0.15, 0.2) is 5.69 Å². The van der Waals surface area contributed by atoms with Crippen molar-refractivity contribution in [1.82, 2.24) is 19.7 Å². The minimum atomic E-state index is -1.04. The van der Waals surface area contributed by atoms with Crippen molar-refractivity contribution in [2.75, 3.05) is 0 Å². The molecule has 0 aromatic carbocycles. The van der Waals surface area contributed by atoms with Crippen LogP contribution in [0.3, 0.4) is 0 Å². The number of carboxylic acids is 1. The van der Waals surface area contributed by atoms with Gasteiger partial charge < -0.3 is 5.11 Å². The maximum absolute atomic E-state index is 10.8. The fourth-order valence-corrected chi connectivity index (χ4v) is 1.31. The van der Waals surface area contributed by atoms with Crippen LogP contribution < -0.4 is 0 Å². The summed E-state index contributed by atoms with van der Waals surface area (Å²) in [4.78, 5) is 18.9. The van der Waals surface area contributed by atoms with Gasteiger partial charge in [-0.2, -0.15) is 5.10 Å². The van der Waals surface area contributed by atoms with Gasteiger partial charge >= 0.3 is 5.97 Å². The first kappa shape index (κ1) is 10.3. The van der Waals surface area contributed by atoms with Gasteiger partial charge in [0.05, 0.1) is 12.4 Å². The largest absolute Gasteiger partial charge is 0.476 e. The molecule has 82 valence electrons. The number of hydrogen-bond acceptors (Lipinski definition) is 4. The lowest BCUT2D eigenvalue weighted by Gasteiger charge is -1.99. The Morgan fingerprint density at radius 1 is 1.31 bits per heavy atom. The summed E-state index contributed by atoms with van der Waals surface area (Å²) in [5.41, 5.74) is 1.29. The molecule has 0 bridgehead atoms. The van der Waals surface area contributed by atoms with Crippen LogP contribution in [0.25, 0.3) is 5.69 Å². The fraction of sp³-hybridized carbons (Fsp3) is 0.200. The lowest BCUT2D eigenvalue weighted by molar-refractivity contribution is 0.0689. The minimum Gasteiger partial charge on any atom is -0.476 e. The lowest BCUT2D eigenvalue weighted by Crippen LogP contribution is -2.02. The number of aromatic nitrogens is 4. The quantitative estimate of drug-likeness (QED) is 0.812. The van der Waals surface area contributed by atoms with Crippen LogP contribution in [0, 0.1) is 13.8 Å². The molecule has 0 unspecified atom stereocenters. The molecule has 0 saturated heterocycles. The van der Waals surface area contributed by atoms with Crippen molar-refractivity contribution in [2.45, 2.75) is 13.8 Å². The van der Waals surface area contributed by atoms with Gasteiger partial charge in [0.25, 0.3) is 0 Å². The molecule has 0 amide bonds. The summed E-state index contributed by atoms with van der Waals surface area (Å²) in [7, 11) is 0. The van der Waals surface area contributed by atoms with E-state index in [1.165, 1.54) is 4.68 Å². The van der Waals surface area contributed by atoms with Crippen molar-refractivity contribution >= 4 is 5.97 Å². The Balaban J connectivity index is 2.45. The Morgan fingerprint density at radius 3 is 2.44 bits per heavy atom. The summed E-state index contributed by atoms with van der Waals surface area (Å²) in [6.45, 7) is 3.47. The molecule has 2 heterocycles. The molecule has 0 fully saturated rings. The van der Waals surface area contributed by atoms with Gasteiger partial charge in [0.1, 0.15) is 11.5 Å². The van der Waals surface area contributed by atoms with Gasteiger partial charge in [-0.15, -0.1) is 0 Å². The van der Waals surface area contributed by atoms with E-state index < -0.39 is 5.97 Å². The summed E-state index contributed by atoms with van der Waals surface area (Å²) >= 11 is 0. The molecule has 6 nitrogen and oxygen atoms in total. The second-order valence-corrected chi connectivity index (χ2v) is 3.40. The van der Waals surface area contributed by atoms with E-state index in [9.17, 15) is 4.79 Å². The highest BCUT2D eigenvalue weighted by Crippen LogP contribution is 2.10. The smallest absolute Gasteiger partial charge is 0.356 e. The van der Waals surface area contributed by atoms with E-state index in [1.54, 1.807) is 32.4 Å². The Morgan fingerprint density at radius 2 is 1.94 bits per heavy atom. The molecule has 1 N–H and O–H groups in total. The first-order valence-electron chi connectivity index (χ1n) is 4.66. The van der Waals surface area contributed by atoms with Crippen molar-refractivity contribution in [3.63, 3.8) is 0 Å². The second-order valence-electron chi connectivity index (χ2n) is 3.40. The molecule has 2 rings (SSSR count). The van der Waals surface area contributed by atoms with Crippen LogP contribution in [0.5, 0.6) is 0 Å². The highest BCUT2D eigenvalue weighted by atomic mass is 16.4. The summed E-state index contributed by atoms with van der Waals surface area (Å²) in [6, 6.07) is 0. The zero-order valence-corrected chi connectivity index (χ0v) is 8.88. The molecule has 0 aliphatic heterocycles. The van der Waals surface area contributed by atoms with Crippen molar-refractivity contribution in [1.29, 1.82) is 0 Å². The molecule has 16 heavy (non-hydrogen) atoms. The third kappa shape index (κ3) is 1.77. The normalized spacial score (nSPS) is 10.4. The minimum absolute atomic E-state index is 0.0422. The van der Waals surface area contributed by atoms with Crippen molar-refractivity contribution in [3.8, 4) is 5.69 Å². The number of carbonyl (C=O) groups is 1. The van der Waals surface area contributed by atoms with E-state index in [1.807, 2.05) is 0 Å². The van der Waals surface area contributed by atoms with E-state index >= 15 is 0 Å². The van der Waals surface area contributed by atoms with Crippen LogP contribution in [0.4, 0.5) is 0 Å². The second kappa shape index (κ2) is 3.73. The average molecular weight is 218 g/mol. The first-order chi connectivity index (χ1) is 7.58. The number of aryl methyl sites for hydroxylation is 2. The van der Waals surface area contributed by atoms with E-state index in [4.69, 9.17) is 5.11 Å². The number of aromatic carboxylic acids is 1. The Kier molecular flexibility index (Phi) is 2.40. The third-order valence-electron chi connectivity index (χ3n) is 2.13. The van der Waals surface area contributed by atoms with Crippen LogP contribution in [-0.2, 0) is 0 Å². The maximum Gasteiger partial charge on any atom is 0.356 e. The number of hydrogen-bond donors (Lipinski definition) is 1. The van der Waals surface area contributed by atoms with E-state index in [-0.39, 0.29) is 5.69 Å². The topological polar surface area (TPSA) is 80.9 Å². The molecular formula is C10H10N4O2. The number of rotatable bonds is 2. The standard InChI is InChI=1S/C10H10N4O2/c1-6-5-14(13-9(6)10(15)16)8-3-11-7(2)12-4-8/h3-5H,1-2H3,(H,15,16). The van der Waals surface area contributed by atoms with Crippen LogP contribution in [-0.4, -0.2) is 30.8 Å². The highest BCUT2D eigenvalue weighted by Gasteiger charge is 2.13. The SMILES string of the molecule is Cc1ncc(-n2cc(C)c(C(=O)O)n2)cn1. The van der Waals surface area contributed by atoms with E-state index in [0.717, 1.165) is 0 Å². The van der Waals surface area contributed by atoms with Crippen LogP contribution in [0.2, 0.25) is 0 Å². The molecule has 0 aliphatic carbocycles. The molecule has 0 atom stereocenters. The number of nitrogens with zero attached hydrogens (tertiary/aromatic N) is 4. The predicted octanol–water partition coefficient (Wildman–Crippen LogP) is 0.977. The molecule has 0 radical (unpaired) electrons. The van der Waals surface area contributed by atoms with Gasteiger partial charge in [-0.3, -0.25) is 0 Å². The average Bonchev–Trinajstić information content (AvgIpc) is 2.61. The van der Waals surface area contributed by atoms with Gasteiger partial charge in [-0.1, -0.05) is 0 Å². The third-order valence-corrected chi connectivity index (χ3v) is 2.13. The zero-order chi connectivity index (χ0) is 11.7. The van der Waals surface area contributed by atoms with Gasteiger partial charge in [-0.05, 0) is 13.8 Å². The molecule has 2 aromatic rings. The summed E-state index contributed by atoms with van der Waals surface area (Å²) in [6.07, 6.45) is 4.83.